The monoisotopic (exact) mass is 285 g/mol. The van der Waals surface area contributed by atoms with Crippen molar-refractivity contribution < 1.29 is 14.3 Å². The van der Waals surface area contributed by atoms with E-state index in [1.165, 1.54) is 0 Å². The van der Waals surface area contributed by atoms with E-state index in [0.717, 1.165) is 6.54 Å². The fraction of sp³-hybridized carbons (Fsp3) is 0.857. The standard InChI is InChI=1S/C14H27N3O3/c1-6-11-12(18)15-14(2,3)13(19)17(11)8-10-20-9-7-16(4)5/h11H,6-10H2,1-5H3,(H,15,18). The Morgan fingerprint density at radius 1 is 1.30 bits per heavy atom. The lowest BCUT2D eigenvalue weighted by atomic mass is 9.96. The molecule has 1 unspecified atom stereocenters. The third-order valence-corrected chi connectivity index (χ3v) is 3.46. The third-order valence-electron chi connectivity index (χ3n) is 3.46. The van der Waals surface area contributed by atoms with Crippen LogP contribution in [0.2, 0.25) is 0 Å². The Balaban J connectivity index is 2.54. The van der Waals surface area contributed by atoms with Gasteiger partial charge in [-0.1, -0.05) is 6.92 Å². The number of likely N-dealkylation sites (N-methyl/N-ethyl adjacent to an activating group) is 1. The number of nitrogens with one attached hydrogen (secondary N) is 1. The van der Waals surface area contributed by atoms with E-state index in [1.54, 1.807) is 18.7 Å². The molecule has 1 rings (SSSR count). The van der Waals surface area contributed by atoms with E-state index >= 15 is 0 Å². The summed E-state index contributed by atoms with van der Waals surface area (Å²) >= 11 is 0. The minimum Gasteiger partial charge on any atom is -0.378 e. The summed E-state index contributed by atoms with van der Waals surface area (Å²) in [6, 6.07) is -0.382. The van der Waals surface area contributed by atoms with Crippen LogP contribution in [-0.4, -0.2) is 73.6 Å². The minimum atomic E-state index is -0.827. The summed E-state index contributed by atoms with van der Waals surface area (Å²) in [5, 5.41) is 2.78. The second kappa shape index (κ2) is 7.04. The second-order valence-electron chi connectivity index (χ2n) is 5.95. The molecule has 0 saturated carbocycles. The molecule has 116 valence electrons. The molecule has 1 aliphatic rings. The van der Waals surface area contributed by atoms with Crippen LogP contribution >= 0.6 is 0 Å². The van der Waals surface area contributed by atoms with Crippen LogP contribution in [0.25, 0.3) is 0 Å². The molecule has 1 fully saturated rings. The Bertz CT molecular complexity index is 356. The Kier molecular flexibility index (Phi) is 5.95. The summed E-state index contributed by atoms with van der Waals surface area (Å²) in [6.07, 6.45) is 0.616. The summed E-state index contributed by atoms with van der Waals surface area (Å²) in [4.78, 5) is 28.1. The molecule has 6 nitrogen and oxygen atoms in total. The maximum Gasteiger partial charge on any atom is 0.248 e. The summed E-state index contributed by atoms with van der Waals surface area (Å²) in [5.41, 5.74) is -0.827. The molecule has 1 N–H and O–H groups in total. The van der Waals surface area contributed by atoms with Crippen LogP contribution in [0.3, 0.4) is 0 Å². The molecule has 1 heterocycles. The van der Waals surface area contributed by atoms with Gasteiger partial charge in [0, 0.05) is 13.1 Å². The SMILES string of the molecule is CCC1C(=O)NC(C)(C)C(=O)N1CCOCCN(C)C. The van der Waals surface area contributed by atoms with Crippen molar-refractivity contribution in [3.05, 3.63) is 0 Å². The Labute approximate surface area is 121 Å². The molecular formula is C14H27N3O3. The first-order valence-corrected chi connectivity index (χ1v) is 7.15. The normalized spacial score (nSPS) is 22.3. The number of nitrogens with zero attached hydrogens (tertiary/aromatic N) is 2. The zero-order chi connectivity index (χ0) is 15.3. The molecule has 0 aromatic rings. The number of hydrogen-bond donors (Lipinski definition) is 1. The first kappa shape index (κ1) is 16.9. The molecule has 0 radical (unpaired) electrons. The molecule has 6 heteroatoms. The number of amides is 2. The molecule has 20 heavy (non-hydrogen) atoms. The van der Waals surface area contributed by atoms with Gasteiger partial charge in [0.15, 0.2) is 0 Å². The van der Waals surface area contributed by atoms with Crippen LogP contribution in [0.1, 0.15) is 27.2 Å². The van der Waals surface area contributed by atoms with Crippen molar-refractivity contribution >= 4 is 11.8 Å². The van der Waals surface area contributed by atoms with Crippen LogP contribution in [0, 0.1) is 0 Å². The van der Waals surface area contributed by atoms with Gasteiger partial charge in [-0.15, -0.1) is 0 Å². The topological polar surface area (TPSA) is 61.9 Å². The molecule has 1 atom stereocenters. The van der Waals surface area contributed by atoms with Crippen molar-refractivity contribution in [2.75, 3.05) is 40.4 Å². The molecule has 1 aliphatic heterocycles. The fourth-order valence-corrected chi connectivity index (χ4v) is 2.26. The van der Waals surface area contributed by atoms with E-state index in [1.807, 2.05) is 25.9 Å². The van der Waals surface area contributed by atoms with Gasteiger partial charge in [-0.3, -0.25) is 9.59 Å². The Morgan fingerprint density at radius 3 is 2.50 bits per heavy atom. The molecule has 0 aliphatic carbocycles. The van der Waals surface area contributed by atoms with Gasteiger partial charge in [0.25, 0.3) is 0 Å². The number of carbonyl (C=O) groups excluding carboxylic acids is 2. The van der Waals surface area contributed by atoms with E-state index in [2.05, 4.69) is 5.32 Å². The lowest BCUT2D eigenvalue weighted by molar-refractivity contribution is -0.154. The summed E-state index contributed by atoms with van der Waals surface area (Å²) in [6.45, 7) is 7.77. The Hall–Kier alpha value is -1.14. The van der Waals surface area contributed by atoms with Gasteiger partial charge < -0.3 is 19.9 Å². The zero-order valence-electron chi connectivity index (χ0n) is 13.2. The summed E-state index contributed by atoms with van der Waals surface area (Å²) < 4.78 is 5.52. The number of hydrogen-bond acceptors (Lipinski definition) is 4. The van der Waals surface area contributed by atoms with Crippen molar-refractivity contribution in [1.29, 1.82) is 0 Å². The van der Waals surface area contributed by atoms with Gasteiger partial charge in [-0.25, -0.2) is 0 Å². The van der Waals surface area contributed by atoms with E-state index in [9.17, 15) is 9.59 Å². The van der Waals surface area contributed by atoms with Crippen LogP contribution in [0.5, 0.6) is 0 Å². The van der Waals surface area contributed by atoms with E-state index in [-0.39, 0.29) is 17.9 Å². The number of piperazine rings is 1. The first-order chi connectivity index (χ1) is 9.29. The van der Waals surface area contributed by atoms with Gasteiger partial charge in [-0.2, -0.15) is 0 Å². The highest BCUT2D eigenvalue weighted by molar-refractivity contribution is 5.99. The van der Waals surface area contributed by atoms with Crippen molar-refractivity contribution in [2.24, 2.45) is 0 Å². The van der Waals surface area contributed by atoms with Gasteiger partial charge >= 0.3 is 0 Å². The second-order valence-corrected chi connectivity index (χ2v) is 5.95. The average Bonchev–Trinajstić information content (AvgIpc) is 2.33. The number of ether oxygens (including phenoxy) is 1. The van der Waals surface area contributed by atoms with Crippen LogP contribution in [-0.2, 0) is 14.3 Å². The Morgan fingerprint density at radius 2 is 1.95 bits per heavy atom. The summed E-state index contributed by atoms with van der Waals surface area (Å²) in [7, 11) is 3.97. The quantitative estimate of drug-likeness (QED) is 0.673. The zero-order valence-corrected chi connectivity index (χ0v) is 13.2. The molecule has 1 saturated heterocycles. The molecule has 2 amide bonds. The minimum absolute atomic E-state index is 0.0415. The maximum absolute atomic E-state index is 12.4. The number of rotatable bonds is 7. The van der Waals surface area contributed by atoms with E-state index in [0.29, 0.717) is 26.2 Å². The highest BCUT2D eigenvalue weighted by atomic mass is 16.5. The smallest absolute Gasteiger partial charge is 0.248 e. The summed E-state index contributed by atoms with van der Waals surface area (Å²) in [5.74, 6) is -0.120. The van der Waals surface area contributed by atoms with Crippen molar-refractivity contribution in [3.8, 4) is 0 Å². The predicted molar refractivity (Wildman–Crippen MR) is 77.4 cm³/mol. The van der Waals surface area contributed by atoms with Crippen molar-refractivity contribution in [3.63, 3.8) is 0 Å². The number of carbonyl (C=O) groups is 2. The molecule has 0 bridgehead atoms. The van der Waals surface area contributed by atoms with Gasteiger partial charge in [0.1, 0.15) is 11.6 Å². The fourth-order valence-electron chi connectivity index (χ4n) is 2.26. The molecule has 0 aromatic carbocycles. The lowest BCUT2D eigenvalue weighted by Crippen LogP contribution is -2.68. The highest BCUT2D eigenvalue weighted by Gasteiger charge is 2.44. The molecule has 0 spiro atoms. The van der Waals surface area contributed by atoms with Gasteiger partial charge in [0.2, 0.25) is 11.8 Å². The van der Waals surface area contributed by atoms with Gasteiger partial charge in [0.05, 0.1) is 13.2 Å². The van der Waals surface area contributed by atoms with Crippen molar-refractivity contribution in [2.45, 2.75) is 38.8 Å². The van der Waals surface area contributed by atoms with Crippen LogP contribution in [0.4, 0.5) is 0 Å². The van der Waals surface area contributed by atoms with E-state index in [4.69, 9.17) is 4.74 Å². The molecule has 0 aromatic heterocycles. The lowest BCUT2D eigenvalue weighted by Gasteiger charge is -2.42. The third kappa shape index (κ3) is 4.18. The predicted octanol–water partition coefficient (Wildman–Crippen LogP) is 0.0802. The maximum atomic E-state index is 12.4. The van der Waals surface area contributed by atoms with Gasteiger partial charge in [-0.05, 0) is 34.4 Å². The first-order valence-electron chi connectivity index (χ1n) is 7.15. The average molecular weight is 285 g/mol. The largest absolute Gasteiger partial charge is 0.378 e. The van der Waals surface area contributed by atoms with E-state index < -0.39 is 5.54 Å². The van der Waals surface area contributed by atoms with Crippen LogP contribution in [0.15, 0.2) is 0 Å². The molecular weight excluding hydrogens is 258 g/mol. The van der Waals surface area contributed by atoms with Crippen LogP contribution < -0.4 is 5.32 Å². The van der Waals surface area contributed by atoms with Crippen molar-refractivity contribution in [1.82, 2.24) is 15.1 Å². The highest BCUT2D eigenvalue weighted by Crippen LogP contribution is 2.19.